The Morgan fingerprint density at radius 2 is 2.09 bits per heavy atom. The number of carbonyl (C=O) groups excluding carboxylic acids is 2. The Balaban J connectivity index is 1.75. The number of benzene rings is 2. The summed E-state index contributed by atoms with van der Waals surface area (Å²) in [6.07, 6.45) is 2.22. The van der Waals surface area contributed by atoms with Gasteiger partial charge in [0, 0.05) is 19.1 Å². The van der Waals surface area contributed by atoms with Crippen LogP contribution in [0.3, 0.4) is 0 Å². The van der Waals surface area contributed by atoms with Gasteiger partial charge in [-0.3, -0.25) is 14.8 Å². The van der Waals surface area contributed by atoms with Crippen molar-refractivity contribution in [3.05, 3.63) is 53.6 Å². The van der Waals surface area contributed by atoms with Gasteiger partial charge in [-0.15, -0.1) is 0 Å². The number of nitrogens with one attached hydrogen (secondary N) is 2. The van der Waals surface area contributed by atoms with Gasteiger partial charge in [0.05, 0.1) is 12.8 Å². The maximum atomic E-state index is 13.1. The number of ether oxygens (including phenoxy) is 3. The van der Waals surface area contributed by atoms with E-state index in [9.17, 15) is 9.59 Å². The summed E-state index contributed by atoms with van der Waals surface area (Å²) < 4.78 is 17.4. The number of fused-ring (bicyclic) bond motifs is 3. The summed E-state index contributed by atoms with van der Waals surface area (Å²) in [6, 6.07) is 12.9. The number of hydroxylamine groups is 1. The van der Waals surface area contributed by atoms with Crippen LogP contribution in [0.15, 0.2) is 42.5 Å². The molecule has 2 aromatic carbocycles. The zero-order chi connectivity index (χ0) is 24.3. The smallest absolute Gasteiger partial charge is 0.253 e. The number of rotatable bonds is 7. The molecule has 9 heteroatoms. The lowest BCUT2D eigenvalue weighted by Gasteiger charge is -2.22. The fourth-order valence-corrected chi connectivity index (χ4v) is 3.87. The molecule has 1 heterocycles. The van der Waals surface area contributed by atoms with E-state index in [2.05, 4.69) is 11.4 Å². The number of hydrogen-bond acceptors (Lipinski definition) is 7. The van der Waals surface area contributed by atoms with Gasteiger partial charge in [-0.2, -0.15) is 0 Å². The highest BCUT2D eigenvalue weighted by atomic mass is 16.5. The fourth-order valence-electron chi connectivity index (χ4n) is 3.87. The molecule has 0 radical (unpaired) electrons. The standard InChI is InChI=1S/C25H33N3O6/c1-32-20-13-17-6-5-11-33-23(15-19(26)7-4-10-24(29)28-31)25(30)27-21-8-2-3-9-22(21)34-16-18(12-17)14-20/h2-3,8-9,12-14,19,23,31H,4-7,10-11,15-16,26H2,1H3,(H,27,30)(H,28,29)/t19-,23+/m0/s1. The Morgan fingerprint density at radius 3 is 2.88 bits per heavy atom. The lowest BCUT2D eigenvalue weighted by atomic mass is 10.0. The van der Waals surface area contributed by atoms with Gasteiger partial charge < -0.3 is 25.3 Å². The second kappa shape index (κ2) is 12.9. The normalized spacial score (nSPS) is 17.4. The maximum absolute atomic E-state index is 13.1. The number of para-hydroxylation sites is 2. The largest absolute Gasteiger partial charge is 0.497 e. The molecule has 0 spiro atoms. The van der Waals surface area contributed by atoms with Crippen molar-refractivity contribution in [1.82, 2.24) is 5.48 Å². The molecule has 0 fully saturated rings. The maximum Gasteiger partial charge on any atom is 0.253 e. The van der Waals surface area contributed by atoms with Crippen LogP contribution in [0.1, 0.15) is 43.2 Å². The quantitative estimate of drug-likeness (QED) is 0.361. The van der Waals surface area contributed by atoms with Crippen LogP contribution in [-0.4, -0.2) is 42.9 Å². The van der Waals surface area contributed by atoms with Crippen molar-refractivity contribution < 1.29 is 29.0 Å². The molecule has 2 aromatic rings. The molecular formula is C25H33N3O6. The Kier molecular flexibility index (Phi) is 9.69. The first-order valence-electron chi connectivity index (χ1n) is 11.5. The third-order valence-electron chi connectivity index (χ3n) is 5.64. The van der Waals surface area contributed by atoms with Gasteiger partial charge in [-0.1, -0.05) is 18.2 Å². The molecule has 1 aliphatic rings. The minimum atomic E-state index is -0.751. The second-order valence-electron chi connectivity index (χ2n) is 8.35. The minimum absolute atomic E-state index is 0.162. The van der Waals surface area contributed by atoms with Crippen LogP contribution in [0.5, 0.6) is 11.5 Å². The molecule has 3 rings (SSSR count). The summed E-state index contributed by atoms with van der Waals surface area (Å²) in [5.41, 5.74) is 10.5. The fraction of sp³-hybridized carbons (Fsp3) is 0.440. The van der Waals surface area contributed by atoms with Crippen LogP contribution in [0.2, 0.25) is 0 Å². The van der Waals surface area contributed by atoms with Gasteiger partial charge in [0.1, 0.15) is 24.2 Å². The first kappa shape index (κ1) is 25.5. The summed E-state index contributed by atoms with van der Waals surface area (Å²) in [4.78, 5) is 24.3. The number of methoxy groups -OCH3 is 1. The topological polar surface area (TPSA) is 132 Å². The zero-order valence-corrected chi connectivity index (χ0v) is 19.4. The van der Waals surface area contributed by atoms with Crippen LogP contribution >= 0.6 is 0 Å². The first-order chi connectivity index (χ1) is 16.5. The molecule has 0 aliphatic carbocycles. The summed E-state index contributed by atoms with van der Waals surface area (Å²) in [7, 11) is 1.64. The van der Waals surface area contributed by atoms with Crippen LogP contribution in [-0.2, 0) is 27.4 Å². The van der Waals surface area contributed by atoms with Crippen molar-refractivity contribution in [2.24, 2.45) is 5.73 Å². The van der Waals surface area contributed by atoms with Gasteiger partial charge in [0.2, 0.25) is 5.91 Å². The van der Waals surface area contributed by atoms with Gasteiger partial charge in [-0.05, 0) is 67.5 Å². The van der Waals surface area contributed by atoms with E-state index in [1.54, 1.807) is 24.7 Å². The van der Waals surface area contributed by atoms with E-state index < -0.39 is 12.0 Å². The molecule has 0 unspecified atom stereocenters. The molecule has 2 amide bonds. The molecular weight excluding hydrogens is 438 g/mol. The summed E-state index contributed by atoms with van der Waals surface area (Å²) in [5.74, 6) is 0.563. The van der Waals surface area contributed by atoms with Crippen molar-refractivity contribution >= 4 is 17.5 Å². The number of nitrogens with two attached hydrogens (primary N) is 1. The molecule has 34 heavy (non-hydrogen) atoms. The Hall–Kier alpha value is -3.14. The van der Waals surface area contributed by atoms with Crippen molar-refractivity contribution in [2.75, 3.05) is 19.0 Å². The third kappa shape index (κ3) is 7.72. The van der Waals surface area contributed by atoms with Crippen LogP contribution in [0, 0.1) is 0 Å². The van der Waals surface area contributed by atoms with Gasteiger partial charge in [0.25, 0.3) is 5.91 Å². The first-order valence-corrected chi connectivity index (χ1v) is 11.5. The minimum Gasteiger partial charge on any atom is -0.497 e. The van der Waals surface area contributed by atoms with E-state index in [1.807, 2.05) is 24.3 Å². The highest BCUT2D eigenvalue weighted by molar-refractivity contribution is 5.95. The average Bonchev–Trinajstić information content (AvgIpc) is 2.84. The SMILES string of the molecule is COc1cc2cc(c1)COc1ccccc1NC(=O)[C@@H](C[C@@H](N)CCCC(=O)NO)OCCC2. The number of aryl methyl sites for hydroxylation is 1. The molecule has 2 atom stereocenters. The highest BCUT2D eigenvalue weighted by Gasteiger charge is 2.24. The molecule has 9 nitrogen and oxygen atoms in total. The van der Waals surface area contributed by atoms with Crippen LogP contribution < -0.4 is 26.0 Å². The lowest BCUT2D eigenvalue weighted by molar-refractivity contribution is -0.130. The molecule has 184 valence electrons. The van der Waals surface area contributed by atoms with Gasteiger partial charge in [0.15, 0.2) is 0 Å². The van der Waals surface area contributed by atoms with Crippen molar-refractivity contribution in [3.63, 3.8) is 0 Å². The lowest BCUT2D eigenvalue weighted by Crippen LogP contribution is -2.37. The van der Waals surface area contributed by atoms with E-state index in [0.29, 0.717) is 43.9 Å². The predicted octanol–water partition coefficient (Wildman–Crippen LogP) is 2.94. The van der Waals surface area contributed by atoms with E-state index in [0.717, 1.165) is 29.7 Å². The van der Waals surface area contributed by atoms with Gasteiger partial charge >= 0.3 is 0 Å². The molecule has 1 aliphatic heterocycles. The van der Waals surface area contributed by atoms with Crippen LogP contribution in [0.25, 0.3) is 0 Å². The average molecular weight is 472 g/mol. The number of amides is 2. The second-order valence-corrected chi connectivity index (χ2v) is 8.35. The Bertz CT molecular complexity index is 967. The van der Waals surface area contributed by atoms with E-state index in [1.165, 1.54) is 0 Å². The Labute approximate surface area is 199 Å². The molecule has 0 aromatic heterocycles. The predicted molar refractivity (Wildman–Crippen MR) is 127 cm³/mol. The van der Waals surface area contributed by atoms with Crippen molar-refractivity contribution in [1.29, 1.82) is 0 Å². The molecule has 2 bridgehead atoms. The third-order valence-corrected chi connectivity index (χ3v) is 5.64. The molecule has 0 saturated heterocycles. The summed E-state index contributed by atoms with van der Waals surface area (Å²) in [5, 5.41) is 11.5. The van der Waals surface area contributed by atoms with E-state index >= 15 is 0 Å². The molecule has 0 saturated carbocycles. The van der Waals surface area contributed by atoms with Crippen LogP contribution in [0.4, 0.5) is 5.69 Å². The number of carbonyl (C=O) groups is 2. The Morgan fingerprint density at radius 1 is 1.29 bits per heavy atom. The monoisotopic (exact) mass is 471 g/mol. The highest BCUT2D eigenvalue weighted by Crippen LogP contribution is 2.27. The number of anilines is 1. The number of hydrogen-bond donors (Lipinski definition) is 4. The summed E-state index contributed by atoms with van der Waals surface area (Å²) >= 11 is 0. The molecule has 5 N–H and O–H groups in total. The van der Waals surface area contributed by atoms with Gasteiger partial charge in [-0.25, -0.2) is 5.48 Å². The van der Waals surface area contributed by atoms with Crippen molar-refractivity contribution in [2.45, 2.75) is 57.3 Å². The van der Waals surface area contributed by atoms with Crippen molar-refractivity contribution in [3.8, 4) is 11.5 Å². The summed E-state index contributed by atoms with van der Waals surface area (Å²) in [6.45, 7) is 0.728. The van der Waals surface area contributed by atoms with E-state index in [4.69, 9.17) is 25.2 Å². The zero-order valence-electron chi connectivity index (χ0n) is 19.4. The van der Waals surface area contributed by atoms with E-state index in [-0.39, 0.29) is 18.4 Å².